The molecule has 0 fully saturated rings. The third-order valence-electron chi connectivity index (χ3n) is 3.76. The second-order valence-electron chi connectivity index (χ2n) is 5.58. The molecule has 3 rings (SSSR count). The molecule has 0 aromatic heterocycles. The first-order valence-electron chi connectivity index (χ1n) is 7.45. The highest BCUT2D eigenvalue weighted by atomic mass is 32.2. The average Bonchev–Trinajstić information content (AvgIpc) is 2.59. The Morgan fingerprint density at radius 3 is 2.33 bits per heavy atom. The van der Waals surface area contributed by atoms with E-state index in [0.717, 1.165) is 12.1 Å². The number of hydrogen-bond acceptors (Lipinski definition) is 5. The van der Waals surface area contributed by atoms with Crippen molar-refractivity contribution in [3.8, 4) is 0 Å². The maximum atomic E-state index is 13.1. The number of azo groups is 1. The summed E-state index contributed by atoms with van der Waals surface area (Å²) in [5.41, 5.74) is 4.77. The number of alkyl halides is 3. The van der Waals surface area contributed by atoms with Crippen LogP contribution in [0.3, 0.4) is 0 Å². The van der Waals surface area contributed by atoms with Crippen LogP contribution in [0.5, 0.6) is 0 Å². The Hall–Kier alpha value is -2.98. The van der Waals surface area contributed by atoms with Gasteiger partial charge in [0.2, 0.25) is 0 Å². The van der Waals surface area contributed by atoms with Crippen LogP contribution >= 0.6 is 0 Å². The number of halogens is 3. The highest BCUT2D eigenvalue weighted by molar-refractivity contribution is 7.85. The van der Waals surface area contributed by atoms with E-state index < -0.39 is 21.9 Å². The molecule has 6 nitrogen and oxygen atoms in total. The van der Waals surface area contributed by atoms with E-state index in [1.165, 1.54) is 42.5 Å². The van der Waals surface area contributed by atoms with Gasteiger partial charge in [-0.2, -0.15) is 21.6 Å². The highest BCUT2D eigenvalue weighted by Gasteiger charge is 2.33. The molecule has 0 aliphatic heterocycles. The van der Waals surface area contributed by atoms with E-state index in [1.54, 1.807) is 0 Å². The van der Waals surface area contributed by atoms with Gasteiger partial charge < -0.3 is 5.73 Å². The van der Waals surface area contributed by atoms with Gasteiger partial charge in [-0.15, -0.1) is 10.2 Å². The van der Waals surface area contributed by atoms with Gasteiger partial charge in [-0.05, 0) is 35.7 Å². The van der Waals surface area contributed by atoms with E-state index in [2.05, 4.69) is 10.2 Å². The van der Waals surface area contributed by atoms with Gasteiger partial charge in [0, 0.05) is 5.39 Å². The van der Waals surface area contributed by atoms with Crippen molar-refractivity contribution < 1.29 is 26.1 Å². The Kier molecular flexibility index (Phi) is 4.62. The lowest BCUT2D eigenvalue weighted by Gasteiger charge is -2.09. The standard InChI is InChI=1S/C17H12F3N3O3S/c18-17(19,20)13-3-1-2-4-15(13)22-23-16-12-7-6-11(27(24,25)26)9-10(12)5-8-14(16)21/h1-9H,21H2,(H,24,25,26). The number of anilines is 1. The Labute approximate surface area is 151 Å². The van der Waals surface area contributed by atoms with Gasteiger partial charge in [-0.25, -0.2) is 0 Å². The van der Waals surface area contributed by atoms with Crippen LogP contribution in [0.25, 0.3) is 10.8 Å². The molecule has 0 amide bonds. The first kappa shape index (κ1) is 18.8. The Morgan fingerprint density at radius 1 is 0.963 bits per heavy atom. The van der Waals surface area contributed by atoms with Crippen LogP contribution in [0.15, 0.2) is 69.7 Å². The molecule has 0 atom stereocenters. The summed E-state index contributed by atoms with van der Waals surface area (Å²) in [6.45, 7) is 0. The average molecular weight is 395 g/mol. The highest BCUT2D eigenvalue weighted by Crippen LogP contribution is 2.38. The fourth-order valence-corrected chi connectivity index (χ4v) is 3.00. The summed E-state index contributed by atoms with van der Waals surface area (Å²) in [5, 5.41) is 8.28. The van der Waals surface area contributed by atoms with Crippen LogP contribution in [0.1, 0.15) is 5.56 Å². The molecule has 3 N–H and O–H groups in total. The Balaban J connectivity index is 2.13. The number of nitrogens with zero attached hydrogens (tertiary/aromatic N) is 2. The molecule has 27 heavy (non-hydrogen) atoms. The van der Waals surface area contributed by atoms with E-state index >= 15 is 0 Å². The molecule has 3 aromatic carbocycles. The maximum Gasteiger partial charge on any atom is 0.418 e. The van der Waals surface area contributed by atoms with Gasteiger partial charge in [0.15, 0.2) is 0 Å². The predicted molar refractivity (Wildman–Crippen MR) is 93.8 cm³/mol. The second kappa shape index (κ2) is 6.63. The van der Waals surface area contributed by atoms with Crippen molar-refractivity contribution in [2.45, 2.75) is 11.1 Å². The lowest BCUT2D eigenvalue weighted by atomic mass is 10.1. The smallest absolute Gasteiger partial charge is 0.397 e. The van der Waals surface area contributed by atoms with Gasteiger partial charge in [-0.1, -0.05) is 24.3 Å². The Morgan fingerprint density at radius 2 is 1.67 bits per heavy atom. The zero-order valence-electron chi connectivity index (χ0n) is 13.5. The zero-order chi connectivity index (χ0) is 19.8. The maximum absolute atomic E-state index is 13.1. The number of benzene rings is 3. The van der Waals surface area contributed by atoms with Gasteiger partial charge in [0.05, 0.1) is 21.8 Å². The predicted octanol–water partition coefficient (Wildman–Crippen LogP) is 5.10. The van der Waals surface area contributed by atoms with E-state index in [9.17, 15) is 21.6 Å². The van der Waals surface area contributed by atoms with Gasteiger partial charge in [0.25, 0.3) is 10.1 Å². The molecule has 0 saturated heterocycles. The molecule has 140 valence electrons. The van der Waals surface area contributed by atoms with E-state index in [0.29, 0.717) is 10.8 Å². The molecule has 0 aliphatic rings. The van der Waals surface area contributed by atoms with Crippen LogP contribution < -0.4 is 5.73 Å². The van der Waals surface area contributed by atoms with Crippen molar-refractivity contribution in [3.63, 3.8) is 0 Å². The fraction of sp³-hybridized carbons (Fsp3) is 0.0588. The minimum absolute atomic E-state index is 0.0892. The first-order valence-corrected chi connectivity index (χ1v) is 8.89. The minimum Gasteiger partial charge on any atom is -0.397 e. The monoisotopic (exact) mass is 395 g/mol. The quantitative estimate of drug-likeness (QED) is 0.365. The molecular weight excluding hydrogens is 383 g/mol. The van der Waals surface area contributed by atoms with E-state index in [-0.39, 0.29) is 22.0 Å². The summed E-state index contributed by atoms with van der Waals surface area (Å²) < 4.78 is 70.8. The minimum atomic E-state index is -4.59. The third kappa shape index (κ3) is 3.91. The number of hydrogen-bond donors (Lipinski definition) is 2. The molecule has 0 spiro atoms. The van der Waals surface area contributed by atoms with E-state index in [4.69, 9.17) is 10.3 Å². The summed E-state index contributed by atoms with van der Waals surface area (Å²) in [7, 11) is -4.40. The van der Waals surface area contributed by atoms with Crippen molar-refractivity contribution in [1.29, 1.82) is 0 Å². The van der Waals surface area contributed by atoms with Crippen LogP contribution in [0.2, 0.25) is 0 Å². The topological polar surface area (TPSA) is 105 Å². The normalized spacial score (nSPS) is 12.7. The van der Waals surface area contributed by atoms with Crippen LogP contribution in [0.4, 0.5) is 30.2 Å². The summed E-state index contributed by atoms with van der Waals surface area (Å²) >= 11 is 0. The van der Waals surface area contributed by atoms with Gasteiger partial charge >= 0.3 is 6.18 Å². The number of nitrogens with two attached hydrogens (primary N) is 1. The van der Waals surface area contributed by atoms with Crippen molar-refractivity contribution in [2.75, 3.05) is 5.73 Å². The van der Waals surface area contributed by atoms with Crippen molar-refractivity contribution >= 4 is 38.0 Å². The SMILES string of the molecule is Nc1ccc2cc(S(=O)(=O)O)ccc2c1N=Nc1ccccc1C(F)(F)F. The molecular formula is C17H12F3N3O3S. The molecule has 0 heterocycles. The number of fused-ring (bicyclic) bond motifs is 1. The first-order chi connectivity index (χ1) is 12.6. The van der Waals surface area contributed by atoms with Gasteiger partial charge in [0.1, 0.15) is 5.69 Å². The lowest BCUT2D eigenvalue weighted by molar-refractivity contribution is -0.137. The summed E-state index contributed by atoms with van der Waals surface area (Å²) in [4.78, 5) is -0.329. The largest absolute Gasteiger partial charge is 0.418 e. The molecule has 0 radical (unpaired) electrons. The lowest BCUT2D eigenvalue weighted by Crippen LogP contribution is -2.04. The summed E-state index contributed by atoms with van der Waals surface area (Å²) in [6.07, 6.45) is -4.59. The number of rotatable bonds is 3. The van der Waals surface area contributed by atoms with Crippen molar-refractivity contribution in [1.82, 2.24) is 0 Å². The van der Waals surface area contributed by atoms with Gasteiger partial charge in [-0.3, -0.25) is 4.55 Å². The molecule has 0 unspecified atom stereocenters. The van der Waals surface area contributed by atoms with Crippen LogP contribution in [-0.2, 0) is 16.3 Å². The Bertz CT molecular complexity index is 1160. The summed E-state index contributed by atoms with van der Waals surface area (Å²) in [5.74, 6) is 0. The fourth-order valence-electron chi connectivity index (χ4n) is 2.48. The van der Waals surface area contributed by atoms with Crippen LogP contribution in [0, 0.1) is 0 Å². The van der Waals surface area contributed by atoms with Crippen LogP contribution in [-0.4, -0.2) is 13.0 Å². The second-order valence-corrected chi connectivity index (χ2v) is 7.00. The molecule has 0 aliphatic carbocycles. The van der Waals surface area contributed by atoms with Crippen molar-refractivity contribution in [3.05, 3.63) is 60.2 Å². The third-order valence-corrected chi connectivity index (χ3v) is 4.61. The zero-order valence-corrected chi connectivity index (χ0v) is 14.3. The molecule has 3 aromatic rings. The number of nitrogen functional groups attached to an aromatic ring is 1. The molecule has 0 bridgehead atoms. The molecule has 10 heteroatoms. The van der Waals surface area contributed by atoms with E-state index in [1.807, 2.05) is 0 Å². The summed E-state index contributed by atoms with van der Waals surface area (Å²) in [6, 6.07) is 11.3. The molecule has 0 saturated carbocycles. The van der Waals surface area contributed by atoms with Crippen molar-refractivity contribution in [2.24, 2.45) is 10.2 Å².